The van der Waals surface area contributed by atoms with Crippen LogP contribution in [0.5, 0.6) is 0 Å². The Kier molecular flexibility index (Phi) is 71.6. The molecule has 0 aromatic heterocycles. The molecule has 3 N–H and O–H groups in total. The van der Waals surface area contributed by atoms with Crippen LogP contribution in [-0.4, -0.2) is 96.7 Å². The lowest BCUT2D eigenvalue weighted by atomic mass is 9.99. The highest BCUT2D eigenvalue weighted by atomic mass is 31.2. The number of phosphoric ester groups is 2. The Hall–Kier alpha value is -1.94. The molecule has 0 spiro atoms. The van der Waals surface area contributed by atoms with Crippen LogP contribution in [0.4, 0.5) is 0 Å². The maximum absolute atomic E-state index is 13.1. The van der Waals surface area contributed by atoms with Crippen LogP contribution in [0.2, 0.25) is 0 Å². The summed E-state index contributed by atoms with van der Waals surface area (Å²) in [5.74, 6) is -1.26. The number of esters is 4. The van der Waals surface area contributed by atoms with Crippen molar-refractivity contribution in [1.82, 2.24) is 0 Å². The van der Waals surface area contributed by atoms with Crippen molar-refractivity contribution in [3.63, 3.8) is 0 Å². The summed E-state index contributed by atoms with van der Waals surface area (Å²) < 4.78 is 68.7. The minimum atomic E-state index is -4.96. The highest BCUT2D eigenvalue weighted by Gasteiger charge is 2.30. The van der Waals surface area contributed by atoms with Crippen LogP contribution in [0.15, 0.2) is 0 Å². The Balaban J connectivity index is 5.25. The minimum absolute atomic E-state index is 0.108. The van der Waals surface area contributed by atoms with Gasteiger partial charge in [0.05, 0.1) is 26.4 Å². The van der Waals surface area contributed by atoms with Gasteiger partial charge in [-0.1, -0.05) is 375 Å². The number of hydrogen-bond acceptors (Lipinski definition) is 15. The number of aliphatic hydroxyl groups excluding tert-OH is 1. The van der Waals surface area contributed by atoms with E-state index in [1.165, 1.54) is 250 Å². The first-order chi connectivity index (χ1) is 48.1. The Bertz CT molecular complexity index is 1890. The van der Waals surface area contributed by atoms with Gasteiger partial charge in [-0.25, -0.2) is 9.13 Å². The normalized spacial score (nSPS) is 14.1. The van der Waals surface area contributed by atoms with Crippen molar-refractivity contribution < 1.29 is 80.2 Å². The van der Waals surface area contributed by atoms with Gasteiger partial charge >= 0.3 is 39.5 Å². The third-order valence-electron chi connectivity index (χ3n) is 19.1. The summed E-state index contributed by atoms with van der Waals surface area (Å²) in [5, 5.41) is 10.6. The first-order valence-electron chi connectivity index (χ1n) is 41.7. The van der Waals surface area contributed by atoms with Crippen LogP contribution in [0.25, 0.3) is 0 Å². The molecule has 19 heteroatoms. The number of rotatable bonds is 80. The van der Waals surface area contributed by atoms with Gasteiger partial charge in [0, 0.05) is 25.7 Å². The van der Waals surface area contributed by atoms with Crippen LogP contribution in [0.3, 0.4) is 0 Å². The van der Waals surface area contributed by atoms with E-state index in [-0.39, 0.29) is 25.7 Å². The fourth-order valence-corrected chi connectivity index (χ4v) is 14.0. The molecule has 0 radical (unpaired) electrons. The van der Waals surface area contributed by atoms with Crippen molar-refractivity contribution in [2.75, 3.05) is 39.6 Å². The summed E-state index contributed by atoms with van der Waals surface area (Å²) in [6.07, 6.45) is 63.6. The largest absolute Gasteiger partial charge is 0.472 e. The van der Waals surface area contributed by atoms with E-state index < -0.39 is 97.5 Å². The average Bonchev–Trinajstić information content (AvgIpc) is 1.02. The molecule has 99 heavy (non-hydrogen) atoms. The number of hydrogen-bond donors (Lipinski definition) is 3. The molecule has 0 aliphatic rings. The fourth-order valence-electron chi connectivity index (χ4n) is 12.4. The number of aliphatic hydroxyl groups is 1. The molecule has 0 aromatic rings. The lowest BCUT2D eigenvalue weighted by Gasteiger charge is -2.21. The van der Waals surface area contributed by atoms with Crippen molar-refractivity contribution >= 4 is 39.5 Å². The molecule has 0 bridgehead atoms. The van der Waals surface area contributed by atoms with Crippen LogP contribution in [0, 0.1) is 5.92 Å². The molecule has 0 aromatic carbocycles. The second-order valence-electron chi connectivity index (χ2n) is 29.1. The Morgan fingerprint density at radius 3 is 0.717 bits per heavy atom. The summed E-state index contributed by atoms with van der Waals surface area (Å²) >= 11 is 0. The number of ether oxygens (including phenoxy) is 4. The number of carbonyl (C=O) groups is 4. The van der Waals surface area contributed by atoms with E-state index in [0.29, 0.717) is 25.7 Å². The molecule has 0 saturated heterocycles. The summed E-state index contributed by atoms with van der Waals surface area (Å²) in [5.41, 5.74) is 0. The smallest absolute Gasteiger partial charge is 0.462 e. The van der Waals surface area contributed by atoms with E-state index in [0.717, 1.165) is 95.8 Å². The molecule has 0 amide bonds. The van der Waals surface area contributed by atoms with Crippen LogP contribution < -0.4 is 0 Å². The molecular formula is C80H156O17P2. The summed E-state index contributed by atoms with van der Waals surface area (Å²) in [7, 11) is -9.92. The van der Waals surface area contributed by atoms with Gasteiger partial charge in [0.2, 0.25) is 0 Å². The van der Waals surface area contributed by atoms with Gasteiger partial charge in [-0.3, -0.25) is 37.3 Å². The van der Waals surface area contributed by atoms with E-state index in [4.69, 9.17) is 37.0 Å². The number of phosphoric acid groups is 2. The topological polar surface area (TPSA) is 237 Å². The van der Waals surface area contributed by atoms with E-state index >= 15 is 0 Å². The van der Waals surface area contributed by atoms with Crippen LogP contribution in [-0.2, 0) is 65.4 Å². The third kappa shape index (κ3) is 72.8. The summed E-state index contributed by atoms with van der Waals surface area (Å²) in [6.45, 7) is 7.38. The number of carbonyl (C=O) groups excluding carboxylic acids is 4. The lowest BCUT2D eigenvalue weighted by molar-refractivity contribution is -0.161. The van der Waals surface area contributed by atoms with Crippen LogP contribution in [0.1, 0.15) is 426 Å². The van der Waals surface area contributed by atoms with Gasteiger partial charge in [0.25, 0.3) is 0 Å². The van der Waals surface area contributed by atoms with Crippen molar-refractivity contribution in [2.24, 2.45) is 5.92 Å². The standard InChI is InChI=1S/C80H156O17P2/c1-6-10-13-16-19-22-25-27-28-29-30-35-39-44-49-54-59-64-78(83)91-70-76(97-80(85)66-61-56-51-46-41-36-32-31-34-38-42-47-52-57-62-73(5)9-4)72-95-99(88,89)93-68-74(81)67-92-98(86,87)94-71-75(69-90-77(82)63-58-53-48-43-37-24-21-18-15-12-8-3)96-79(84)65-60-55-50-45-40-33-26-23-20-17-14-11-7-2/h73-76,81H,6-72H2,1-5H3,(H,86,87)(H,88,89)/t73?,74-,75+,76+/m0/s1. The third-order valence-corrected chi connectivity index (χ3v) is 21.0. The van der Waals surface area contributed by atoms with Gasteiger partial charge in [0.15, 0.2) is 12.2 Å². The first kappa shape index (κ1) is 97.1. The predicted molar refractivity (Wildman–Crippen MR) is 405 cm³/mol. The molecule has 0 aliphatic heterocycles. The highest BCUT2D eigenvalue weighted by molar-refractivity contribution is 7.47. The Morgan fingerprint density at radius 1 is 0.283 bits per heavy atom. The molecule has 0 aliphatic carbocycles. The molecule has 17 nitrogen and oxygen atoms in total. The zero-order chi connectivity index (χ0) is 72.7. The molecule has 0 saturated carbocycles. The molecule has 0 rings (SSSR count). The van der Waals surface area contributed by atoms with Gasteiger partial charge < -0.3 is 33.8 Å². The zero-order valence-electron chi connectivity index (χ0n) is 64.6. The zero-order valence-corrected chi connectivity index (χ0v) is 66.4. The van der Waals surface area contributed by atoms with Crippen molar-refractivity contribution in [1.29, 1.82) is 0 Å². The van der Waals surface area contributed by atoms with Gasteiger partial charge in [-0.2, -0.15) is 0 Å². The second kappa shape index (κ2) is 73.0. The van der Waals surface area contributed by atoms with Crippen LogP contribution >= 0.6 is 15.6 Å². The summed E-state index contributed by atoms with van der Waals surface area (Å²) in [4.78, 5) is 73.0. The first-order valence-corrected chi connectivity index (χ1v) is 44.7. The van der Waals surface area contributed by atoms with Crippen molar-refractivity contribution in [3.8, 4) is 0 Å². The van der Waals surface area contributed by atoms with Crippen molar-refractivity contribution in [2.45, 2.75) is 445 Å². The monoisotopic (exact) mass is 1450 g/mol. The molecule has 0 heterocycles. The molecule has 6 atom stereocenters. The maximum atomic E-state index is 13.1. The highest BCUT2D eigenvalue weighted by Crippen LogP contribution is 2.45. The predicted octanol–water partition coefficient (Wildman–Crippen LogP) is 24.0. The van der Waals surface area contributed by atoms with Crippen molar-refractivity contribution in [3.05, 3.63) is 0 Å². The maximum Gasteiger partial charge on any atom is 0.472 e. The van der Waals surface area contributed by atoms with Gasteiger partial charge in [-0.15, -0.1) is 0 Å². The van der Waals surface area contributed by atoms with E-state index in [2.05, 4.69) is 34.6 Å². The minimum Gasteiger partial charge on any atom is -0.462 e. The Labute approximate surface area is 607 Å². The average molecular weight is 1450 g/mol. The van der Waals surface area contributed by atoms with E-state index in [1.54, 1.807) is 0 Å². The SMILES string of the molecule is CCCCCCCCCCCCCCCCCCCC(=O)OC[C@H](COP(=O)(O)OC[C@@H](O)COP(=O)(O)OC[C@@H](COC(=O)CCCCCCCCCCCCC)OC(=O)CCCCCCCCCCCCCCC)OC(=O)CCCCCCCCCCCCCCCCC(C)CC. The van der Waals surface area contributed by atoms with E-state index in [1.807, 2.05) is 0 Å². The molecular weight excluding hydrogens is 1290 g/mol. The van der Waals surface area contributed by atoms with E-state index in [9.17, 15) is 43.2 Å². The molecule has 3 unspecified atom stereocenters. The molecule has 0 fully saturated rings. The van der Waals surface area contributed by atoms with Gasteiger partial charge in [0.1, 0.15) is 19.3 Å². The fraction of sp³-hybridized carbons (Fsp3) is 0.950. The molecule has 588 valence electrons. The number of unbranched alkanes of at least 4 members (excludes halogenated alkanes) is 51. The summed E-state index contributed by atoms with van der Waals surface area (Å²) in [6, 6.07) is 0. The lowest BCUT2D eigenvalue weighted by Crippen LogP contribution is -2.30. The quantitative estimate of drug-likeness (QED) is 0.0222. The Morgan fingerprint density at radius 2 is 0.485 bits per heavy atom. The second-order valence-corrected chi connectivity index (χ2v) is 32.0. The van der Waals surface area contributed by atoms with Gasteiger partial charge in [-0.05, 0) is 31.6 Å².